The molecular weight excluding hydrogens is 473 g/mol. The number of amides is 3. The number of nitrogens with one attached hydrogen (secondary N) is 2. The fourth-order valence-corrected chi connectivity index (χ4v) is 4.78. The molecule has 0 radical (unpaired) electrons. The summed E-state index contributed by atoms with van der Waals surface area (Å²) < 4.78 is 41.2. The average Bonchev–Trinajstić information content (AvgIpc) is 3.07. The zero-order chi connectivity index (χ0) is 24.6. The second-order valence-electron chi connectivity index (χ2n) is 8.10. The molecule has 11 heteroatoms. The number of aliphatic hydroxyl groups excluding tert-OH is 1. The Bertz CT molecular complexity index is 1270. The van der Waals surface area contributed by atoms with Crippen LogP contribution in [0.1, 0.15) is 33.6 Å². The van der Waals surface area contributed by atoms with Crippen LogP contribution >= 0.6 is 11.6 Å². The number of urea groups is 1. The maximum absolute atomic E-state index is 13.1. The summed E-state index contributed by atoms with van der Waals surface area (Å²) in [4.78, 5) is 24.6. The summed E-state index contributed by atoms with van der Waals surface area (Å²) in [6, 6.07) is 7.38. The lowest BCUT2D eigenvalue weighted by molar-refractivity contribution is -0.137. The van der Waals surface area contributed by atoms with Gasteiger partial charge >= 0.3 is 12.2 Å². The first-order valence-corrected chi connectivity index (χ1v) is 11.0. The van der Waals surface area contributed by atoms with E-state index in [1.54, 1.807) is 12.1 Å². The van der Waals surface area contributed by atoms with Crippen LogP contribution in [0, 0.1) is 0 Å². The molecule has 0 fully saturated rings. The number of primary amides is 1. The van der Waals surface area contributed by atoms with E-state index in [1.807, 2.05) is 10.6 Å². The van der Waals surface area contributed by atoms with Gasteiger partial charge in [0.25, 0.3) is 0 Å². The number of hydrogen-bond donors (Lipinski definition) is 4. The number of nitrogens with zero attached hydrogens (tertiary/aromatic N) is 1. The Morgan fingerprint density at radius 1 is 1.24 bits per heavy atom. The van der Waals surface area contributed by atoms with Gasteiger partial charge in [0, 0.05) is 40.4 Å². The molecule has 5 N–H and O–H groups in total. The minimum atomic E-state index is -4.65. The van der Waals surface area contributed by atoms with Crippen LogP contribution in [0.15, 0.2) is 36.4 Å². The van der Waals surface area contributed by atoms with Crippen LogP contribution in [0.5, 0.6) is 0 Å². The van der Waals surface area contributed by atoms with E-state index < -0.39 is 28.7 Å². The molecule has 4 rings (SSSR count). The van der Waals surface area contributed by atoms with E-state index >= 15 is 0 Å². The molecule has 2 aromatic carbocycles. The molecular formula is C23H22ClF3N4O3. The smallest absolute Gasteiger partial charge is 0.395 e. The van der Waals surface area contributed by atoms with E-state index in [0.717, 1.165) is 28.9 Å². The standard InChI is InChI=1S/C23H22ClF3N4O3/c24-17-6-4-13(11-16(17)23(25,26)27)30-22(34)29-12-5-7-18-15(10-12)20-14(21(28)33)2-1-3-19(20)31(18)8-9-32/h1-4,6,11-12,32H,5,7-10H2,(H2,28,33)(H2,29,30,34). The summed E-state index contributed by atoms with van der Waals surface area (Å²) in [7, 11) is 0. The number of alkyl halides is 3. The first kappa shape index (κ1) is 23.9. The van der Waals surface area contributed by atoms with Gasteiger partial charge in [0.15, 0.2) is 0 Å². The lowest BCUT2D eigenvalue weighted by atomic mass is 9.90. The zero-order valence-electron chi connectivity index (χ0n) is 17.9. The number of carbonyl (C=O) groups is 2. The van der Waals surface area contributed by atoms with Crippen LogP contribution in [-0.4, -0.2) is 34.3 Å². The molecule has 1 atom stereocenters. The van der Waals surface area contributed by atoms with Crippen LogP contribution in [0.4, 0.5) is 23.7 Å². The molecule has 0 spiro atoms. The first-order chi connectivity index (χ1) is 16.1. The lowest BCUT2D eigenvalue weighted by Crippen LogP contribution is -2.41. The highest BCUT2D eigenvalue weighted by atomic mass is 35.5. The normalized spacial score (nSPS) is 15.7. The number of fused-ring (bicyclic) bond motifs is 3. The van der Waals surface area contributed by atoms with Crippen molar-refractivity contribution in [2.24, 2.45) is 5.73 Å². The van der Waals surface area contributed by atoms with Crippen molar-refractivity contribution >= 4 is 40.1 Å². The Labute approximate surface area is 197 Å². The van der Waals surface area contributed by atoms with Crippen LogP contribution in [-0.2, 0) is 25.6 Å². The highest BCUT2D eigenvalue weighted by Crippen LogP contribution is 2.37. The molecule has 0 saturated heterocycles. The van der Waals surface area contributed by atoms with Gasteiger partial charge in [0.2, 0.25) is 5.91 Å². The van der Waals surface area contributed by atoms with E-state index in [4.69, 9.17) is 17.3 Å². The van der Waals surface area contributed by atoms with Gasteiger partial charge in [0.1, 0.15) is 0 Å². The molecule has 0 aliphatic heterocycles. The van der Waals surface area contributed by atoms with Crippen LogP contribution in [0.3, 0.4) is 0 Å². The number of nitrogens with two attached hydrogens (primary N) is 1. The summed E-state index contributed by atoms with van der Waals surface area (Å²) in [5, 5.41) is 15.0. The Morgan fingerprint density at radius 3 is 2.68 bits per heavy atom. The van der Waals surface area contributed by atoms with Gasteiger partial charge in [-0.2, -0.15) is 13.2 Å². The first-order valence-electron chi connectivity index (χ1n) is 10.6. The lowest BCUT2D eigenvalue weighted by Gasteiger charge is -2.25. The van der Waals surface area contributed by atoms with Crippen molar-refractivity contribution in [3.63, 3.8) is 0 Å². The maximum Gasteiger partial charge on any atom is 0.417 e. The van der Waals surface area contributed by atoms with E-state index in [-0.39, 0.29) is 18.3 Å². The van der Waals surface area contributed by atoms with Crippen molar-refractivity contribution in [1.29, 1.82) is 0 Å². The highest BCUT2D eigenvalue weighted by molar-refractivity contribution is 6.31. The molecule has 1 unspecified atom stereocenters. The summed E-state index contributed by atoms with van der Waals surface area (Å²) in [5.41, 5.74) is 7.47. The number of aromatic nitrogens is 1. The summed E-state index contributed by atoms with van der Waals surface area (Å²) in [5.74, 6) is -0.578. The van der Waals surface area contributed by atoms with Crippen molar-refractivity contribution in [3.8, 4) is 0 Å². The largest absolute Gasteiger partial charge is 0.417 e. The Morgan fingerprint density at radius 2 is 2.00 bits per heavy atom. The zero-order valence-corrected chi connectivity index (χ0v) is 18.6. The predicted molar refractivity (Wildman–Crippen MR) is 122 cm³/mol. The minimum Gasteiger partial charge on any atom is -0.395 e. The number of aliphatic hydroxyl groups is 1. The van der Waals surface area contributed by atoms with Gasteiger partial charge in [-0.25, -0.2) is 4.79 Å². The Balaban J connectivity index is 1.57. The third-order valence-electron chi connectivity index (χ3n) is 5.94. The minimum absolute atomic E-state index is 0.0405. The predicted octanol–water partition coefficient (Wildman–Crippen LogP) is 4.08. The molecule has 1 heterocycles. The van der Waals surface area contributed by atoms with Gasteiger partial charge in [0.05, 0.1) is 17.2 Å². The van der Waals surface area contributed by atoms with Crippen molar-refractivity contribution in [3.05, 3.63) is 63.8 Å². The maximum atomic E-state index is 13.1. The van der Waals surface area contributed by atoms with E-state index in [2.05, 4.69) is 10.6 Å². The number of benzene rings is 2. The molecule has 0 bridgehead atoms. The van der Waals surface area contributed by atoms with Gasteiger partial charge in [-0.05, 0) is 55.2 Å². The second-order valence-corrected chi connectivity index (χ2v) is 8.50. The van der Waals surface area contributed by atoms with E-state index in [9.17, 15) is 27.9 Å². The number of rotatable bonds is 5. The highest BCUT2D eigenvalue weighted by Gasteiger charge is 2.33. The third-order valence-corrected chi connectivity index (χ3v) is 6.27. The number of carbonyl (C=O) groups excluding carboxylic acids is 2. The molecule has 3 amide bonds. The molecule has 1 aliphatic rings. The monoisotopic (exact) mass is 494 g/mol. The molecule has 0 saturated carbocycles. The number of halogens is 4. The van der Waals surface area contributed by atoms with Crippen molar-refractivity contribution in [2.75, 3.05) is 11.9 Å². The fraction of sp³-hybridized carbons (Fsp3) is 0.304. The molecule has 7 nitrogen and oxygen atoms in total. The van der Waals surface area contributed by atoms with E-state index in [0.29, 0.717) is 36.8 Å². The third kappa shape index (κ3) is 4.55. The number of anilines is 1. The van der Waals surface area contributed by atoms with Crippen LogP contribution in [0.2, 0.25) is 5.02 Å². The average molecular weight is 495 g/mol. The van der Waals surface area contributed by atoms with E-state index in [1.165, 1.54) is 6.07 Å². The fourth-order valence-electron chi connectivity index (χ4n) is 4.56. The topological polar surface area (TPSA) is 109 Å². The Hall–Kier alpha value is -3.24. The van der Waals surface area contributed by atoms with Gasteiger partial charge in [-0.3, -0.25) is 4.79 Å². The van der Waals surface area contributed by atoms with Crippen molar-refractivity contribution < 1.29 is 27.9 Å². The van der Waals surface area contributed by atoms with Gasteiger partial charge in [-0.1, -0.05) is 17.7 Å². The van der Waals surface area contributed by atoms with Crippen LogP contribution in [0.25, 0.3) is 10.9 Å². The molecule has 1 aliphatic carbocycles. The molecule has 3 aromatic rings. The van der Waals surface area contributed by atoms with Gasteiger partial charge in [-0.15, -0.1) is 0 Å². The molecule has 180 valence electrons. The summed E-state index contributed by atoms with van der Waals surface area (Å²) >= 11 is 5.63. The molecule has 34 heavy (non-hydrogen) atoms. The number of hydrogen-bond acceptors (Lipinski definition) is 3. The molecule has 1 aromatic heterocycles. The van der Waals surface area contributed by atoms with Gasteiger partial charge < -0.3 is 26.0 Å². The Kier molecular flexibility index (Phi) is 6.46. The quantitative estimate of drug-likeness (QED) is 0.429. The SMILES string of the molecule is NC(=O)c1cccc2c1c1c(n2CCO)CCC(NC(=O)Nc2ccc(Cl)c(C(F)(F)F)c2)C1. The van der Waals surface area contributed by atoms with Crippen molar-refractivity contribution in [1.82, 2.24) is 9.88 Å². The second kappa shape index (κ2) is 9.19. The summed E-state index contributed by atoms with van der Waals surface area (Å²) in [6.45, 7) is 0.271. The van der Waals surface area contributed by atoms with Crippen LogP contribution < -0.4 is 16.4 Å². The summed E-state index contributed by atoms with van der Waals surface area (Å²) in [6.07, 6.45) is -3.10. The van der Waals surface area contributed by atoms with Crippen molar-refractivity contribution in [2.45, 2.75) is 38.0 Å².